The third-order valence-electron chi connectivity index (χ3n) is 2.24. The summed E-state index contributed by atoms with van der Waals surface area (Å²) in [4.78, 5) is 28.9. The number of alkyl halides is 3. The zero-order valence-corrected chi connectivity index (χ0v) is 10.6. The number of nitrogens with one attached hydrogen (secondary N) is 1. The fraction of sp³-hybridized carbons (Fsp3) is 0.300. The molecule has 0 atom stereocenters. The van der Waals surface area contributed by atoms with Gasteiger partial charge in [-0.1, -0.05) is 0 Å². The van der Waals surface area contributed by atoms with Crippen molar-refractivity contribution in [1.29, 1.82) is 0 Å². The lowest BCUT2D eigenvalue weighted by Gasteiger charge is -2.04. The molecular weight excluding hydrogens is 299 g/mol. The molecule has 0 spiro atoms. The molecule has 0 unspecified atom stereocenters. The SMILES string of the molecule is NCCc1cc2c(=O)[nH]c(OC(=O)C(F)(F)F)nc2s1. The van der Waals surface area contributed by atoms with E-state index in [1.807, 2.05) is 4.98 Å². The summed E-state index contributed by atoms with van der Waals surface area (Å²) >= 11 is 1.10. The highest BCUT2D eigenvalue weighted by Crippen LogP contribution is 2.23. The number of hydrogen-bond acceptors (Lipinski definition) is 6. The predicted octanol–water partition coefficient (Wildman–Crippen LogP) is 0.953. The minimum absolute atomic E-state index is 0.183. The molecule has 10 heteroatoms. The number of fused-ring (bicyclic) bond motifs is 1. The van der Waals surface area contributed by atoms with Gasteiger partial charge < -0.3 is 10.5 Å². The van der Waals surface area contributed by atoms with Crippen LogP contribution in [0.5, 0.6) is 6.01 Å². The number of rotatable bonds is 3. The van der Waals surface area contributed by atoms with Crippen LogP contribution in [0.4, 0.5) is 13.2 Å². The summed E-state index contributed by atoms with van der Waals surface area (Å²) in [6, 6.07) is 0.764. The standard InChI is InChI=1S/C10H8F3N3O3S/c11-10(12,13)8(18)19-9-15-6(17)5-3-4(1-2-14)20-7(5)16-9/h3H,1-2,14H2,(H,15,16,17). The van der Waals surface area contributed by atoms with E-state index in [0.29, 0.717) is 13.0 Å². The van der Waals surface area contributed by atoms with Crippen molar-refractivity contribution in [3.05, 3.63) is 21.3 Å². The molecule has 0 aliphatic heterocycles. The Morgan fingerprint density at radius 1 is 1.50 bits per heavy atom. The molecule has 0 radical (unpaired) electrons. The third kappa shape index (κ3) is 2.96. The van der Waals surface area contributed by atoms with Crippen LogP contribution in [-0.4, -0.2) is 28.7 Å². The first kappa shape index (κ1) is 14.5. The van der Waals surface area contributed by atoms with Crippen LogP contribution in [0.1, 0.15) is 4.88 Å². The zero-order chi connectivity index (χ0) is 14.9. The molecule has 0 bridgehead atoms. The summed E-state index contributed by atoms with van der Waals surface area (Å²) in [5.41, 5.74) is 4.69. The second-order valence-corrected chi connectivity index (χ2v) is 4.84. The number of thiophene rings is 1. The van der Waals surface area contributed by atoms with Crippen molar-refractivity contribution in [2.75, 3.05) is 6.54 Å². The molecule has 0 amide bonds. The maximum Gasteiger partial charge on any atom is 0.491 e. The third-order valence-corrected chi connectivity index (χ3v) is 3.33. The van der Waals surface area contributed by atoms with Crippen LogP contribution in [0.15, 0.2) is 10.9 Å². The molecule has 0 fully saturated rings. The van der Waals surface area contributed by atoms with E-state index in [4.69, 9.17) is 5.73 Å². The average Bonchev–Trinajstić information content (AvgIpc) is 2.71. The van der Waals surface area contributed by atoms with Gasteiger partial charge in [0, 0.05) is 4.88 Å². The van der Waals surface area contributed by atoms with E-state index in [1.165, 1.54) is 0 Å². The van der Waals surface area contributed by atoms with Gasteiger partial charge >= 0.3 is 18.2 Å². The van der Waals surface area contributed by atoms with Crippen LogP contribution in [0.25, 0.3) is 10.2 Å². The van der Waals surface area contributed by atoms with E-state index in [-0.39, 0.29) is 10.2 Å². The second kappa shape index (κ2) is 5.21. The number of esters is 1. The Morgan fingerprint density at radius 2 is 2.20 bits per heavy atom. The van der Waals surface area contributed by atoms with Crippen molar-refractivity contribution in [3.63, 3.8) is 0 Å². The molecule has 2 heterocycles. The highest BCUT2D eigenvalue weighted by molar-refractivity contribution is 7.18. The number of carbonyl (C=O) groups excluding carboxylic acids is 1. The molecule has 0 aliphatic carbocycles. The van der Waals surface area contributed by atoms with Crippen molar-refractivity contribution >= 4 is 27.5 Å². The Kier molecular flexibility index (Phi) is 3.77. The molecule has 0 aromatic carbocycles. The fourth-order valence-corrected chi connectivity index (χ4v) is 2.46. The van der Waals surface area contributed by atoms with Gasteiger partial charge in [0.25, 0.3) is 5.56 Å². The van der Waals surface area contributed by atoms with Gasteiger partial charge in [0.2, 0.25) is 0 Å². The first-order valence-corrected chi connectivity index (χ1v) is 6.14. The van der Waals surface area contributed by atoms with Crippen LogP contribution in [0, 0.1) is 0 Å². The van der Waals surface area contributed by atoms with E-state index in [0.717, 1.165) is 16.2 Å². The Labute approximate surface area is 113 Å². The summed E-state index contributed by atoms with van der Waals surface area (Å²) in [6.07, 6.45) is -4.65. The molecule has 3 N–H and O–H groups in total. The fourth-order valence-electron chi connectivity index (χ4n) is 1.42. The lowest BCUT2D eigenvalue weighted by molar-refractivity contribution is -0.190. The van der Waals surface area contributed by atoms with E-state index in [2.05, 4.69) is 9.72 Å². The lowest BCUT2D eigenvalue weighted by Crippen LogP contribution is -2.29. The maximum atomic E-state index is 12.0. The first-order chi connectivity index (χ1) is 9.31. The van der Waals surface area contributed by atoms with E-state index < -0.39 is 23.7 Å². The van der Waals surface area contributed by atoms with Gasteiger partial charge in [-0.3, -0.25) is 9.78 Å². The Morgan fingerprint density at radius 3 is 2.80 bits per heavy atom. The van der Waals surface area contributed by atoms with E-state index >= 15 is 0 Å². The largest absolute Gasteiger partial charge is 0.491 e. The molecule has 6 nitrogen and oxygen atoms in total. The summed E-state index contributed by atoms with van der Waals surface area (Å²) in [6.45, 7) is 0.362. The summed E-state index contributed by atoms with van der Waals surface area (Å²) < 4.78 is 40.1. The monoisotopic (exact) mass is 307 g/mol. The van der Waals surface area contributed by atoms with Crippen LogP contribution >= 0.6 is 11.3 Å². The molecule has 0 saturated heterocycles. The van der Waals surface area contributed by atoms with Crippen molar-refractivity contribution in [2.45, 2.75) is 12.6 Å². The molecule has 2 aromatic heterocycles. The topological polar surface area (TPSA) is 98.1 Å². The second-order valence-electron chi connectivity index (χ2n) is 3.73. The highest BCUT2D eigenvalue weighted by Gasteiger charge is 2.42. The number of hydrogen-bond donors (Lipinski definition) is 2. The summed E-state index contributed by atoms with van der Waals surface area (Å²) in [5, 5.41) is 0.213. The number of aromatic nitrogens is 2. The molecule has 0 saturated carbocycles. The first-order valence-electron chi connectivity index (χ1n) is 5.33. The van der Waals surface area contributed by atoms with E-state index in [9.17, 15) is 22.8 Å². The van der Waals surface area contributed by atoms with Gasteiger partial charge in [-0.25, -0.2) is 4.79 Å². The van der Waals surface area contributed by atoms with Gasteiger partial charge in [-0.2, -0.15) is 18.2 Å². The van der Waals surface area contributed by atoms with Crippen molar-refractivity contribution in [1.82, 2.24) is 9.97 Å². The Balaban J connectivity index is 2.37. The van der Waals surface area contributed by atoms with Crippen LogP contribution in [0.2, 0.25) is 0 Å². The number of nitrogens with zero attached hydrogens (tertiary/aromatic N) is 1. The average molecular weight is 307 g/mol. The van der Waals surface area contributed by atoms with Crippen molar-refractivity contribution in [3.8, 4) is 6.01 Å². The number of carbonyl (C=O) groups is 1. The number of aromatic amines is 1. The van der Waals surface area contributed by atoms with Crippen molar-refractivity contribution < 1.29 is 22.7 Å². The maximum absolute atomic E-state index is 12.0. The predicted molar refractivity (Wildman–Crippen MR) is 64.7 cm³/mol. The zero-order valence-electron chi connectivity index (χ0n) is 9.78. The molecule has 20 heavy (non-hydrogen) atoms. The van der Waals surface area contributed by atoms with Crippen LogP contribution in [0.3, 0.4) is 0 Å². The highest BCUT2D eigenvalue weighted by atomic mass is 32.1. The van der Waals surface area contributed by atoms with Gasteiger partial charge in [0.1, 0.15) is 4.83 Å². The van der Waals surface area contributed by atoms with Gasteiger partial charge in [-0.05, 0) is 19.0 Å². The van der Waals surface area contributed by atoms with Crippen molar-refractivity contribution in [2.24, 2.45) is 5.73 Å². The van der Waals surface area contributed by atoms with Gasteiger partial charge in [0.15, 0.2) is 0 Å². The van der Waals surface area contributed by atoms with Crippen LogP contribution < -0.4 is 16.0 Å². The number of ether oxygens (including phenoxy) is 1. The van der Waals surface area contributed by atoms with Crippen LogP contribution in [-0.2, 0) is 11.2 Å². The lowest BCUT2D eigenvalue weighted by atomic mass is 10.3. The quantitative estimate of drug-likeness (QED) is 0.823. The normalized spacial score (nSPS) is 11.8. The minimum atomic E-state index is -5.16. The number of H-pyrrole nitrogens is 1. The smallest absolute Gasteiger partial charge is 0.385 e. The molecule has 108 valence electrons. The van der Waals surface area contributed by atoms with E-state index in [1.54, 1.807) is 6.07 Å². The molecule has 0 aliphatic rings. The Hall–Kier alpha value is -1.94. The molecular formula is C10H8F3N3O3S. The summed E-state index contributed by atoms with van der Waals surface area (Å²) in [7, 11) is 0. The number of halogens is 3. The summed E-state index contributed by atoms with van der Waals surface area (Å²) in [5.74, 6) is -2.45. The molecule has 2 aromatic rings. The Bertz CT molecular complexity index is 707. The minimum Gasteiger partial charge on any atom is -0.385 e. The molecule has 2 rings (SSSR count). The number of nitrogens with two attached hydrogens (primary N) is 1. The van der Waals surface area contributed by atoms with Gasteiger partial charge in [0.05, 0.1) is 5.39 Å². The van der Waals surface area contributed by atoms with Gasteiger partial charge in [-0.15, -0.1) is 11.3 Å².